The van der Waals surface area contributed by atoms with Crippen LogP contribution in [0.1, 0.15) is 12.0 Å². The first-order chi connectivity index (χ1) is 11.9. The first kappa shape index (κ1) is 15.3. The van der Waals surface area contributed by atoms with Crippen LogP contribution in [0.15, 0.2) is 29.4 Å². The SMILES string of the molecule is O=C1[C@@H]2[C@@H](C(=O)N1/N=C\c1cc([N+](=O)[O-])c(O)cc1O)[C@H]1C=C[C@H]2C1. The van der Waals surface area contributed by atoms with E-state index >= 15 is 0 Å². The van der Waals surface area contributed by atoms with Crippen molar-refractivity contribution in [1.29, 1.82) is 0 Å². The molecule has 4 rings (SSSR count). The molecule has 1 saturated carbocycles. The van der Waals surface area contributed by atoms with Crippen LogP contribution in [0.3, 0.4) is 0 Å². The van der Waals surface area contributed by atoms with Crippen LogP contribution in [0.2, 0.25) is 0 Å². The van der Waals surface area contributed by atoms with Gasteiger partial charge in [-0.25, -0.2) is 0 Å². The number of allylic oxidation sites excluding steroid dienone is 2. The fraction of sp³-hybridized carbons (Fsp3) is 0.312. The van der Waals surface area contributed by atoms with Crippen LogP contribution in [0.4, 0.5) is 5.69 Å². The molecule has 128 valence electrons. The number of fused-ring (bicyclic) bond motifs is 5. The van der Waals surface area contributed by atoms with Gasteiger partial charge < -0.3 is 10.2 Å². The lowest BCUT2D eigenvalue weighted by atomic mass is 9.85. The first-order valence-corrected chi connectivity index (χ1v) is 7.69. The third-order valence-corrected chi connectivity index (χ3v) is 5.08. The topological polar surface area (TPSA) is 133 Å². The molecule has 2 bridgehead atoms. The van der Waals surface area contributed by atoms with E-state index in [1.165, 1.54) is 0 Å². The molecule has 2 N–H and O–H groups in total. The molecule has 2 fully saturated rings. The average molecular weight is 343 g/mol. The number of imide groups is 1. The molecule has 4 atom stereocenters. The summed E-state index contributed by atoms with van der Waals surface area (Å²) in [5.74, 6) is -2.63. The number of amides is 2. The van der Waals surface area contributed by atoms with Crippen LogP contribution in [0.25, 0.3) is 0 Å². The third-order valence-electron chi connectivity index (χ3n) is 5.08. The van der Waals surface area contributed by atoms with E-state index in [1.807, 2.05) is 12.2 Å². The van der Waals surface area contributed by atoms with Crippen LogP contribution in [0.5, 0.6) is 11.5 Å². The summed E-state index contributed by atoms with van der Waals surface area (Å²) in [6.45, 7) is 0. The molecule has 1 aliphatic heterocycles. The first-order valence-electron chi connectivity index (χ1n) is 7.69. The second kappa shape index (κ2) is 5.13. The highest BCUT2D eigenvalue weighted by Crippen LogP contribution is 2.52. The highest BCUT2D eigenvalue weighted by Gasteiger charge is 2.59. The maximum absolute atomic E-state index is 12.5. The Bertz CT molecular complexity index is 847. The fourth-order valence-electron chi connectivity index (χ4n) is 3.95. The van der Waals surface area contributed by atoms with E-state index in [9.17, 15) is 29.9 Å². The van der Waals surface area contributed by atoms with Gasteiger partial charge in [-0.05, 0) is 18.3 Å². The summed E-state index contributed by atoms with van der Waals surface area (Å²) in [6.07, 6.45) is 5.72. The lowest BCUT2D eigenvalue weighted by Crippen LogP contribution is -2.28. The molecule has 2 aliphatic carbocycles. The van der Waals surface area contributed by atoms with Crippen LogP contribution < -0.4 is 0 Å². The van der Waals surface area contributed by atoms with Gasteiger partial charge >= 0.3 is 5.69 Å². The van der Waals surface area contributed by atoms with Gasteiger partial charge in [-0.15, -0.1) is 0 Å². The quantitative estimate of drug-likeness (QED) is 0.278. The van der Waals surface area contributed by atoms with Gasteiger partial charge in [-0.2, -0.15) is 10.1 Å². The molecule has 0 spiro atoms. The highest BCUT2D eigenvalue weighted by molar-refractivity contribution is 6.07. The number of carbonyl (C=O) groups excluding carboxylic acids is 2. The molecule has 9 heteroatoms. The minimum atomic E-state index is -0.813. The lowest BCUT2D eigenvalue weighted by Gasteiger charge is -2.13. The standard InChI is InChI=1S/C16H13N3O6/c20-11-5-12(21)10(19(24)25)4-9(11)6-17-18-15(22)13-7-1-2-8(3-7)14(13)16(18)23/h1-2,4-8,13-14,20-21H,3H2/b17-6-/t7-,8-,13-,14-/m0/s1. The van der Waals surface area contributed by atoms with E-state index in [4.69, 9.17) is 0 Å². The van der Waals surface area contributed by atoms with E-state index in [2.05, 4.69) is 5.10 Å². The Labute approximate surface area is 141 Å². The molecular formula is C16H13N3O6. The minimum Gasteiger partial charge on any atom is -0.507 e. The number of nitro benzene ring substituents is 1. The van der Waals surface area contributed by atoms with Crippen LogP contribution in [-0.2, 0) is 9.59 Å². The van der Waals surface area contributed by atoms with Crippen LogP contribution in [-0.4, -0.2) is 38.2 Å². The van der Waals surface area contributed by atoms with E-state index in [1.54, 1.807) is 0 Å². The van der Waals surface area contributed by atoms with Crippen LogP contribution in [0, 0.1) is 33.8 Å². The molecule has 0 radical (unpaired) electrons. The summed E-state index contributed by atoms with van der Waals surface area (Å²) in [7, 11) is 0. The molecule has 1 aromatic rings. The summed E-state index contributed by atoms with van der Waals surface area (Å²) in [6, 6.07) is 1.73. The van der Waals surface area contributed by atoms with E-state index in [-0.39, 0.29) is 17.4 Å². The molecule has 0 unspecified atom stereocenters. The number of hydrogen-bond acceptors (Lipinski definition) is 7. The normalized spacial score (nSPS) is 29.8. The fourth-order valence-corrected chi connectivity index (χ4v) is 3.95. The molecule has 2 amide bonds. The second-order valence-electron chi connectivity index (χ2n) is 6.39. The number of nitrogens with zero attached hydrogens (tertiary/aromatic N) is 3. The molecule has 1 aromatic carbocycles. The van der Waals surface area contributed by atoms with Gasteiger partial charge in [0.2, 0.25) is 0 Å². The van der Waals surface area contributed by atoms with Gasteiger partial charge in [0.1, 0.15) is 5.75 Å². The largest absolute Gasteiger partial charge is 0.507 e. The number of rotatable bonds is 3. The maximum Gasteiger partial charge on any atom is 0.311 e. The van der Waals surface area contributed by atoms with Crippen molar-refractivity contribution in [2.24, 2.45) is 28.8 Å². The average Bonchev–Trinajstić information content (AvgIpc) is 3.22. The smallest absolute Gasteiger partial charge is 0.311 e. The van der Waals surface area contributed by atoms with Crippen molar-refractivity contribution in [2.45, 2.75) is 6.42 Å². The van der Waals surface area contributed by atoms with Gasteiger partial charge in [0.25, 0.3) is 11.8 Å². The molecule has 9 nitrogen and oxygen atoms in total. The summed E-state index contributed by atoms with van der Waals surface area (Å²) >= 11 is 0. The van der Waals surface area contributed by atoms with Gasteiger partial charge in [-0.1, -0.05) is 12.2 Å². The zero-order valence-electron chi connectivity index (χ0n) is 12.8. The summed E-state index contributed by atoms with van der Waals surface area (Å²) in [5.41, 5.74) is -0.694. The van der Waals surface area contributed by atoms with E-state index in [0.29, 0.717) is 0 Å². The van der Waals surface area contributed by atoms with E-state index < -0.39 is 45.8 Å². The predicted octanol–water partition coefficient (Wildman–Crippen LogP) is 1.15. The Balaban J connectivity index is 1.63. The van der Waals surface area contributed by atoms with Crippen molar-refractivity contribution >= 4 is 23.7 Å². The monoisotopic (exact) mass is 343 g/mol. The van der Waals surface area contributed by atoms with E-state index in [0.717, 1.165) is 29.8 Å². The number of phenolic OH excluding ortho intramolecular Hbond substituents is 2. The summed E-state index contributed by atoms with van der Waals surface area (Å²) in [4.78, 5) is 35.0. The van der Waals surface area contributed by atoms with Gasteiger partial charge in [0.15, 0.2) is 5.75 Å². The zero-order chi connectivity index (χ0) is 17.9. The van der Waals surface area contributed by atoms with Gasteiger partial charge in [-0.3, -0.25) is 19.7 Å². The van der Waals surface area contributed by atoms with Crippen molar-refractivity contribution in [3.63, 3.8) is 0 Å². The van der Waals surface area contributed by atoms with Crippen LogP contribution >= 0.6 is 0 Å². The molecule has 1 saturated heterocycles. The summed E-state index contributed by atoms with van der Waals surface area (Å²) in [5, 5.41) is 34.7. The molecular weight excluding hydrogens is 330 g/mol. The van der Waals surface area contributed by atoms with Crippen molar-refractivity contribution < 1.29 is 24.7 Å². The Hall–Kier alpha value is -3.23. The maximum atomic E-state index is 12.5. The lowest BCUT2D eigenvalue weighted by molar-refractivity contribution is -0.385. The molecule has 3 aliphatic rings. The number of benzene rings is 1. The number of carbonyl (C=O) groups is 2. The zero-order valence-corrected chi connectivity index (χ0v) is 12.8. The van der Waals surface area contributed by atoms with Crippen molar-refractivity contribution in [2.75, 3.05) is 0 Å². The predicted molar refractivity (Wildman–Crippen MR) is 83.6 cm³/mol. The number of phenols is 2. The third kappa shape index (κ3) is 2.12. The number of nitro groups is 1. The van der Waals surface area contributed by atoms with Gasteiger partial charge in [0, 0.05) is 17.7 Å². The van der Waals surface area contributed by atoms with Gasteiger partial charge in [0.05, 0.1) is 23.0 Å². The Morgan fingerprint density at radius 2 is 1.72 bits per heavy atom. The molecule has 0 aromatic heterocycles. The highest BCUT2D eigenvalue weighted by atomic mass is 16.6. The Kier molecular flexibility index (Phi) is 3.14. The summed E-state index contributed by atoms with van der Waals surface area (Å²) < 4.78 is 0. The van der Waals surface area contributed by atoms with Crippen molar-refractivity contribution in [1.82, 2.24) is 5.01 Å². The number of aromatic hydroxyl groups is 2. The molecule has 1 heterocycles. The number of hydrazone groups is 1. The Morgan fingerprint density at radius 3 is 2.28 bits per heavy atom. The molecule has 25 heavy (non-hydrogen) atoms. The minimum absolute atomic E-state index is 0.0508. The Morgan fingerprint density at radius 1 is 1.12 bits per heavy atom. The van der Waals surface area contributed by atoms with Crippen molar-refractivity contribution in [3.8, 4) is 11.5 Å². The number of hydrogen-bond donors (Lipinski definition) is 2. The second-order valence-corrected chi connectivity index (χ2v) is 6.39. The van der Waals surface area contributed by atoms with Crippen molar-refractivity contribution in [3.05, 3.63) is 40.0 Å².